The van der Waals surface area contributed by atoms with Gasteiger partial charge in [0.25, 0.3) is 5.91 Å². The number of rotatable bonds is 4. The Morgan fingerprint density at radius 2 is 2.00 bits per heavy atom. The van der Waals surface area contributed by atoms with E-state index < -0.39 is 18.0 Å². The van der Waals surface area contributed by atoms with Crippen LogP contribution in [-0.2, 0) is 6.18 Å². The Hall–Kier alpha value is -2.09. The lowest BCUT2D eigenvalue weighted by atomic mass is 9.81. The Morgan fingerprint density at radius 3 is 2.59 bits per heavy atom. The number of aromatic nitrogens is 2. The summed E-state index contributed by atoms with van der Waals surface area (Å²) in [6.45, 7) is 7.88. The van der Waals surface area contributed by atoms with Crippen LogP contribution in [0.1, 0.15) is 55.8 Å². The van der Waals surface area contributed by atoms with Crippen molar-refractivity contribution >= 4 is 16.9 Å². The Labute approximate surface area is 156 Å². The minimum Gasteiger partial charge on any atom is -0.351 e. The van der Waals surface area contributed by atoms with E-state index in [2.05, 4.69) is 22.5 Å². The van der Waals surface area contributed by atoms with Crippen LogP contribution in [0, 0.1) is 5.41 Å². The lowest BCUT2D eigenvalue weighted by Gasteiger charge is -2.34. The first-order valence-electron chi connectivity index (χ1n) is 9.19. The molecular weight excluding hydrogens is 357 g/mol. The molecule has 2 aromatic rings. The summed E-state index contributed by atoms with van der Waals surface area (Å²) in [5, 5.41) is 6.22. The molecule has 27 heavy (non-hydrogen) atoms. The second-order valence-corrected chi connectivity index (χ2v) is 7.84. The molecule has 1 saturated heterocycles. The van der Waals surface area contributed by atoms with Crippen LogP contribution in [0.5, 0.6) is 0 Å². The highest BCUT2D eigenvalue weighted by atomic mass is 19.4. The van der Waals surface area contributed by atoms with E-state index in [1.165, 1.54) is 6.07 Å². The third-order valence-electron chi connectivity index (χ3n) is 5.21. The molecule has 8 heteroatoms. The zero-order chi connectivity index (χ0) is 19.8. The summed E-state index contributed by atoms with van der Waals surface area (Å²) in [7, 11) is 0. The average Bonchev–Trinajstić information content (AvgIpc) is 2.99. The number of amides is 1. The predicted octanol–water partition coefficient (Wildman–Crippen LogP) is 3.76. The molecule has 1 aromatic heterocycles. The summed E-state index contributed by atoms with van der Waals surface area (Å²) in [6, 6.07) is 4.14. The van der Waals surface area contributed by atoms with Gasteiger partial charge in [-0.3, -0.25) is 4.79 Å². The highest BCUT2D eigenvalue weighted by Gasteiger charge is 2.38. The van der Waals surface area contributed by atoms with Gasteiger partial charge in [-0.05, 0) is 63.4 Å². The number of piperidine rings is 1. The second-order valence-electron chi connectivity index (χ2n) is 7.84. The molecule has 0 bridgehead atoms. The number of fused-ring (bicyclic) bond motifs is 1. The van der Waals surface area contributed by atoms with Crippen molar-refractivity contribution in [1.29, 1.82) is 0 Å². The van der Waals surface area contributed by atoms with Crippen molar-refractivity contribution < 1.29 is 18.0 Å². The molecule has 3 rings (SSSR count). The fourth-order valence-electron chi connectivity index (χ4n) is 3.57. The number of hydrogen-bond donors (Lipinski definition) is 2. The van der Waals surface area contributed by atoms with E-state index in [0.29, 0.717) is 17.6 Å². The summed E-state index contributed by atoms with van der Waals surface area (Å²) >= 11 is 0. The van der Waals surface area contributed by atoms with Crippen molar-refractivity contribution in [3.05, 3.63) is 29.6 Å². The van der Waals surface area contributed by atoms with Crippen molar-refractivity contribution in [2.45, 2.75) is 45.8 Å². The standard InChI is InChI=1S/C19H25F3N4O/c1-12(2)26-15-5-4-13(10-14(15)25-17(26)19(20,21)22)16(27)24-11-18(3)6-8-23-9-7-18/h4-5,10,12,23H,6-9,11H2,1-3H3,(H,24,27). The summed E-state index contributed by atoms with van der Waals surface area (Å²) < 4.78 is 41.1. The van der Waals surface area contributed by atoms with Gasteiger partial charge in [0.05, 0.1) is 11.0 Å². The third-order valence-corrected chi connectivity index (χ3v) is 5.21. The number of carbonyl (C=O) groups is 1. The number of alkyl halides is 3. The predicted molar refractivity (Wildman–Crippen MR) is 97.7 cm³/mol. The van der Waals surface area contributed by atoms with Crippen LogP contribution in [-0.4, -0.2) is 35.1 Å². The van der Waals surface area contributed by atoms with Crippen LogP contribution < -0.4 is 10.6 Å². The van der Waals surface area contributed by atoms with Gasteiger partial charge in [-0.25, -0.2) is 4.98 Å². The maximum absolute atomic E-state index is 13.3. The molecule has 1 amide bonds. The first-order chi connectivity index (χ1) is 12.6. The van der Waals surface area contributed by atoms with Gasteiger partial charge in [0.15, 0.2) is 0 Å². The van der Waals surface area contributed by atoms with Gasteiger partial charge in [-0.15, -0.1) is 0 Å². The Morgan fingerprint density at radius 1 is 1.33 bits per heavy atom. The zero-order valence-electron chi connectivity index (χ0n) is 15.8. The SMILES string of the molecule is CC(C)n1c(C(F)(F)F)nc2cc(C(=O)NCC3(C)CCNCC3)ccc21. The van der Waals surface area contributed by atoms with E-state index in [0.717, 1.165) is 30.5 Å². The molecule has 0 spiro atoms. The van der Waals surface area contributed by atoms with Crippen LogP contribution in [0.4, 0.5) is 13.2 Å². The number of benzene rings is 1. The van der Waals surface area contributed by atoms with Crippen LogP contribution in [0.25, 0.3) is 11.0 Å². The van der Waals surface area contributed by atoms with Crippen molar-refractivity contribution in [3.63, 3.8) is 0 Å². The van der Waals surface area contributed by atoms with E-state index in [4.69, 9.17) is 0 Å². The maximum Gasteiger partial charge on any atom is 0.449 e. The van der Waals surface area contributed by atoms with Crippen LogP contribution in [0.2, 0.25) is 0 Å². The molecule has 148 valence electrons. The van der Waals surface area contributed by atoms with Crippen LogP contribution in [0.15, 0.2) is 18.2 Å². The van der Waals surface area contributed by atoms with E-state index >= 15 is 0 Å². The summed E-state index contributed by atoms with van der Waals surface area (Å²) in [5.74, 6) is -1.23. The first kappa shape index (κ1) is 19.7. The van der Waals surface area contributed by atoms with Crippen molar-refractivity contribution in [2.24, 2.45) is 5.41 Å². The van der Waals surface area contributed by atoms with Crippen molar-refractivity contribution in [2.75, 3.05) is 19.6 Å². The van der Waals surface area contributed by atoms with E-state index in [1.54, 1.807) is 26.0 Å². The largest absolute Gasteiger partial charge is 0.449 e. The topological polar surface area (TPSA) is 59.0 Å². The Balaban J connectivity index is 1.84. The Kier molecular flexibility index (Phi) is 5.20. The van der Waals surface area contributed by atoms with E-state index in [1.807, 2.05) is 0 Å². The molecule has 5 nitrogen and oxygen atoms in total. The third kappa shape index (κ3) is 4.10. The summed E-state index contributed by atoms with van der Waals surface area (Å²) in [4.78, 5) is 16.3. The zero-order valence-corrected chi connectivity index (χ0v) is 15.8. The van der Waals surface area contributed by atoms with Gasteiger partial charge >= 0.3 is 6.18 Å². The van der Waals surface area contributed by atoms with Gasteiger partial charge in [0, 0.05) is 18.2 Å². The highest BCUT2D eigenvalue weighted by Crippen LogP contribution is 2.34. The van der Waals surface area contributed by atoms with Crippen molar-refractivity contribution in [1.82, 2.24) is 20.2 Å². The minimum atomic E-state index is -4.55. The highest BCUT2D eigenvalue weighted by molar-refractivity contribution is 5.97. The van der Waals surface area contributed by atoms with Gasteiger partial charge in [-0.2, -0.15) is 13.2 Å². The molecule has 2 N–H and O–H groups in total. The van der Waals surface area contributed by atoms with Crippen LogP contribution >= 0.6 is 0 Å². The molecule has 1 aromatic carbocycles. The smallest absolute Gasteiger partial charge is 0.351 e. The number of hydrogen-bond acceptors (Lipinski definition) is 3. The molecule has 0 atom stereocenters. The number of nitrogens with one attached hydrogen (secondary N) is 2. The molecule has 1 fully saturated rings. The number of halogens is 3. The van der Waals surface area contributed by atoms with E-state index in [9.17, 15) is 18.0 Å². The van der Waals surface area contributed by atoms with Gasteiger partial charge in [0.2, 0.25) is 5.82 Å². The summed E-state index contributed by atoms with van der Waals surface area (Å²) in [6.07, 6.45) is -2.60. The first-order valence-corrected chi connectivity index (χ1v) is 9.19. The maximum atomic E-state index is 13.3. The van der Waals surface area contributed by atoms with Gasteiger partial charge in [0.1, 0.15) is 0 Å². The quantitative estimate of drug-likeness (QED) is 0.847. The number of carbonyl (C=O) groups excluding carboxylic acids is 1. The molecule has 1 aliphatic rings. The average molecular weight is 382 g/mol. The van der Waals surface area contributed by atoms with Gasteiger partial charge in [-0.1, -0.05) is 6.92 Å². The number of nitrogens with zero attached hydrogens (tertiary/aromatic N) is 2. The summed E-state index contributed by atoms with van der Waals surface area (Å²) in [5.41, 5.74) is 0.909. The molecular formula is C19H25F3N4O. The lowest BCUT2D eigenvalue weighted by Crippen LogP contribution is -2.42. The molecule has 0 aliphatic carbocycles. The molecule has 0 unspecified atom stereocenters. The van der Waals surface area contributed by atoms with Gasteiger partial charge < -0.3 is 15.2 Å². The molecule has 0 radical (unpaired) electrons. The fourth-order valence-corrected chi connectivity index (χ4v) is 3.57. The monoisotopic (exact) mass is 382 g/mol. The number of imidazole rings is 1. The van der Waals surface area contributed by atoms with Crippen molar-refractivity contribution in [3.8, 4) is 0 Å². The molecule has 2 heterocycles. The molecule has 1 aliphatic heterocycles. The normalized spacial score (nSPS) is 17.4. The van der Waals surface area contributed by atoms with E-state index in [-0.39, 0.29) is 16.8 Å². The lowest BCUT2D eigenvalue weighted by molar-refractivity contribution is -0.147. The molecule has 0 saturated carbocycles. The Bertz CT molecular complexity index is 835. The van der Waals surface area contributed by atoms with Crippen LogP contribution in [0.3, 0.4) is 0 Å². The second kappa shape index (κ2) is 7.14. The fraction of sp³-hybridized carbons (Fsp3) is 0.579. The minimum absolute atomic E-state index is 0.0354.